The van der Waals surface area contributed by atoms with Gasteiger partial charge < -0.3 is 10.4 Å². The lowest BCUT2D eigenvalue weighted by Gasteiger charge is -2.34. The van der Waals surface area contributed by atoms with Gasteiger partial charge in [0.1, 0.15) is 0 Å². The van der Waals surface area contributed by atoms with Crippen LogP contribution in [-0.4, -0.2) is 29.3 Å². The lowest BCUT2D eigenvalue weighted by atomic mass is 9.79. The van der Waals surface area contributed by atoms with E-state index >= 15 is 0 Å². The lowest BCUT2D eigenvalue weighted by Crippen LogP contribution is -2.45. The molecule has 1 rings (SSSR count). The molecule has 0 aromatic carbocycles. The van der Waals surface area contributed by atoms with Crippen molar-refractivity contribution < 1.29 is 23.1 Å². The minimum atomic E-state index is -4.31. The van der Waals surface area contributed by atoms with Gasteiger partial charge in [-0.25, -0.2) is 0 Å². The fourth-order valence-electron chi connectivity index (χ4n) is 2.08. The van der Waals surface area contributed by atoms with E-state index in [-0.39, 0.29) is 6.54 Å². The number of hydrogen-bond donors (Lipinski definition) is 2. The molecule has 106 valence electrons. The summed E-state index contributed by atoms with van der Waals surface area (Å²) >= 11 is 0. The van der Waals surface area contributed by atoms with Crippen LogP contribution in [0.5, 0.6) is 0 Å². The van der Waals surface area contributed by atoms with Crippen molar-refractivity contribution in [1.29, 1.82) is 0 Å². The van der Waals surface area contributed by atoms with E-state index in [2.05, 4.69) is 12.2 Å². The van der Waals surface area contributed by atoms with E-state index < -0.39 is 30.5 Å². The predicted molar refractivity (Wildman–Crippen MR) is 60.9 cm³/mol. The van der Waals surface area contributed by atoms with Gasteiger partial charge in [0, 0.05) is 13.0 Å². The number of carbonyl (C=O) groups is 1. The molecule has 0 atom stereocenters. The molecule has 3 nitrogen and oxygen atoms in total. The summed E-state index contributed by atoms with van der Waals surface area (Å²) in [6.07, 6.45) is -3.05. The highest BCUT2D eigenvalue weighted by atomic mass is 19.4. The van der Waals surface area contributed by atoms with Crippen LogP contribution < -0.4 is 5.32 Å². The smallest absolute Gasteiger partial charge is 0.388 e. The highest BCUT2D eigenvalue weighted by molar-refractivity contribution is 5.75. The lowest BCUT2D eigenvalue weighted by molar-refractivity contribution is -0.144. The largest absolute Gasteiger partial charge is 0.389 e. The van der Waals surface area contributed by atoms with Crippen LogP contribution in [0.25, 0.3) is 0 Å². The minimum absolute atomic E-state index is 0.0520. The molecule has 2 N–H and O–H groups in total. The Hall–Kier alpha value is -0.780. The van der Waals surface area contributed by atoms with Gasteiger partial charge in [0.15, 0.2) is 0 Å². The Morgan fingerprint density at radius 3 is 2.44 bits per heavy atom. The molecule has 1 saturated carbocycles. The molecule has 6 heteroatoms. The summed E-state index contributed by atoms with van der Waals surface area (Å²) in [5, 5.41) is 12.5. The molecule has 0 saturated heterocycles. The number of rotatable bonds is 4. The molecule has 0 radical (unpaired) electrons. The van der Waals surface area contributed by atoms with Gasteiger partial charge in [-0.15, -0.1) is 0 Å². The monoisotopic (exact) mass is 267 g/mol. The number of halogens is 3. The van der Waals surface area contributed by atoms with E-state index in [0.717, 1.165) is 12.8 Å². The first-order chi connectivity index (χ1) is 8.20. The first kappa shape index (κ1) is 15.3. The van der Waals surface area contributed by atoms with E-state index in [9.17, 15) is 23.1 Å². The van der Waals surface area contributed by atoms with Gasteiger partial charge in [0.2, 0.25) is 5.91 Å². The van der Waals surface area contributed by atoms with Crippen LogP contribution in [0, 0.1) is 5.92 Å². The van der Waals surface area contributed by atoms with Crippen molar-refractivity contribution in [3.63, 3.8) is 0 Å². The molecule has 0 heterocycles. The maximum atomic E-state index is 11.9. The summed E-state index contributed by atoms with van der Waals surface area (Å²) in [4.78, 5) is 11.2. The molecule has 0 aliphatic heterocycles. The third kappa shape index (κ3) is 5.71. The van der Waals surface area contributed by atoms with Crippen molar-refractivity contribution in [2.45, 2.75) is 57.2 Å². The molecule has 1 aliphatic carbocycles. The van der Waals surface area contributed by atoms with Crippen LogP contribution in [-0.2, 0) is 4.79 Å². The second-order valence-electron chi connectivity index (χ2n) is 5.30. The topological polar surface area (TPSA) is 49.3 Å². The highest BCUT2D eigenvalue weighted by Crippen LogP contribution is 2.31. The third-order valence-corrected chi connectivity index (χ3v) is 3.46. The zero-order valence-corrected chi connectivity index (χ0v) is 10.5. The highest BCUT2D eigenvalue weighted by Gasteiger charge is 2.32. The van der Waals surface area contributed by atoms with E-state index in [1.807, 2.05) is 0 Å². The maximum Gasteiger partial charge on any atom is 0.389 e. The van der Waals surface area contributed by atoms with Gasteiger partial charge in [-0.05, 0) is 31.6 Å². The zero-order valence-electron chi connectivity index (χ0n) is 10.5. The zero-order chi connectivity index (χ0) is 13.8. The Bertz CT molecular complexity index is 284. The molecule has 1 amide bonds. The molecule has 0 aromatic heterocycles. The fourth-order valence-corrected chi connectivity index (χ4v) is 2.08. The summed E-state index contributed by atoms with van der Waals surface area (Å²) < 4.78 is 35.7. The van der Waals surface area contributed by atoms with E-state index in [1.54, 1.807) is 0 Å². The van der Waals surface area contributed by atoms with Gasteiger partial charge in [-0.3, -0.25) is 4.79 Å². The number of aliphatic hydroxyl groups is 1. The average Bonchev–Trinajstić information content (AvgIpc) is 2.27. The van der Waals surface area contributed by atoms with Crippen molar-refractivity contribution >= 4 is 5.91 Å². The number of alkyl halides is 3. The Morgan fingerprint density at radius 1 is 1.39 bits per heavy atom. The van der Waals surface area contributed by atoms with Crippen LogP contribution in [0.2, 0.25) is 0 Å². The maximum absolute atomic E-state index is 11.9. The second-order valence-corrected chi connectivity index (χ2v) is 5.30. The Balaban J connectivity index is 2.25. The molecule has 1 fully saturated rings. The third-order valence-electron chi connectivity index (χ3n) is 3.46. The standard InChI is InChI=1S/C12H20F3NO2/c1-9-2-5-11(18,6-3-9)8-16-10(17)4-7-12(13,14)15/h9,18H,2-8H2,1H3,(H,16,17). The van der Waals surface area contributed by atoms with Gasteiger partial charge in [0.25, 0.3) is 0 Å². The van der Waals surface area contributed by atoms with Crippen LogP contribution >= 0.6 is 0 Å². The average molecular weight is 267 g/mol. The summed E-state index contributed by atoms with van der Waals surface area (Å²) in [6, 6.07) is 0. The van der Waals surface area contributed by atoms with Crippen molar-refractivity contribution in [2.24, 2.45) is 5.92 Å². The van der Waals surface area contributed by atoms with Crippen LogP contribution in [0.3, 0.4) is 0 Å². The van der Waals surface area contributed by atoms with Gasteiger partial charge >= 0.3 is 6.18 Å². The second kappa shape index (κ2) is 5.91. The van der Waals surface area contributed by atoms with Gasteiger partial charge in [-0.1, -0.05) is 6.92 Å². The number of amides is 1. The Labute approximate surface area is 105 Å². The van der Waals surface area contributed by atoms with E-state index in [4.69, 9.17) is 0 Å². The minimum Gasteiger partial charge on any atom is -0.388 e. The summed E-state index contributed by atoms with van der Waals surface area (Å²) in [7, 11) is 0. The van der Waals surface area contributed by atoms with Crippen molar-refractivity contribution in [1.82, 2.24) is 5.32 Å². The van der Waals surface area contributed by atoms with Crippen LogP contribution in [0.4, 0.5) is 13.2 Å². The molecule has 1 aliphatic rings. The fraction of sp³-hybridized carbons (Fsp3) is 0.917. The first-order valence-corrected chi connectivity index (χ1v) is 6.26. The SMILES string of the molecule is CC1CCC(O)(CNC(=O)CCC(F)(F)F)CC1. The van der Waals surface area contributed by atoms with Gasteiger partial charge in [0.05, 0.1) is 12.0 Å². The summed E-state index contributed by atoms with van der Waals surface area (Å²) in [5.41, 5.74) is -0.944. The molecule has 18 heavy (non-hydrogen) atoms. The van der Waals surface area contributed by atoms with Crippen molar-refractivity contribution in [3.05, 3.63) is 0 Å². The first-order valence-electron chi connectivity index (χ1n) is 6.26. The van der Waals surface area contributed by atoms with Crippen LogP contribution in [0.1, 0.15) is 45.4 Å². The molecule has 0 unspecified atom stereocenters. The number of nitrogens with one attached hydrogen (secondary N) is 1. The normalized spacial score (nSPS) is 29.1. The molecule has 0 spiro atoms. The quantitative estimate of drug-likeness (QED) is 0.821. The van der Waals surface area contributed by atoms with Crippen LogP contribution in [0.15, 0.2) is 0 Å². The van der Waals surface area contributed by atoms with Gasteiger partial charge in [-0.2, -0.15) is 13.2 Å². The Kier molecular flexibility index (Phi) is 5.01. The molecular weight excluding hydrogens is 247 g/mol. The van der Waals surface area contributed by atoms with E-state index in [1.165, 1.54) is 0 Å². The summed E-state index contributed by atoms with van der Waals surface area (Å²) in [5.74, 6) is -0.0921. The molecular formula is C12H20F3NO2. The van der Waals surface area contributed by atoms with Crippen molar-refractivity contribution in [3.8, 4) is 0 Å². The predicted octanol–water partition coefficient (Wildman–Crippen LogP) is 2.39. The molecule has 0 aromatic rings. The number of carbonyl (C=O) groups excluding carboxylic acids is 1. The number of hydrogen-bond acceptors (Lipinski definition) is 2. The summed E-state index contributed by atoms with van der Waals surface area (Å²) in [6.45, 7) is 2.15. The van der Waals surface area contributed by atoms with Crippen molar-refractivity contribution in [2.75, 3.05) is 6.54 Å². The molecule has 0 bridgehead atoms. The Morgan fingerprint density at radius 2 is 1.94 bits per heavy atom. The van der Waals surface area contributed by atoms with E-state index in [0.29, 0.717) is 18.8 Å².